The van der Waals surface area contributed by atoms with Crippen LogP contribution in [0.3, 0.4) is 0 Å². The number of pyridine rings is 2. The quantitative estimate of drug-likeness (QED) is 0.281. The average molecular weight is 532 g/mol. The zero-order valence-electron chi connectivity index (χ0n) is 22.4. The molecule has 0 aliphatic carbocycles. The fraction of sp³-hybridized carbons (Fsp3) is 0.194. The summed E-state index contributed by atoms with van der Waals surface area (Å²) < 4.78 is 7.52. The molecule has 0 aliphatic heterocycles. The van der Waals surface area contributed by atoms with Gasteiger partial charge in [0.05, 0.1) is 19.4 Å². The van der Waals surface area contributed by atoms with Crippen LogP contribution in [0.5, 0.6) is 0 Å². The number of fused-ring (bicyclic) bond motifs is 1. The molecule has 9 nitrogen and oxygen atoms in total. The molecule has 0 radical (unpaired) electrons. The van der Waals surface area contributed by atoms with Crippen molar-refractivity contribution in [2.45, 2.75) is 39.5 Å². The maximum atomic E-state index is 13.8. The van der Waals surface area contributed by atoms with E-state index in [4.69, 9.17) is 4.42 Å². The molecule has 2 aromatic carbocycles. The van der Waals surface area contributed by atoms with Gasteiger partial charge in [-0.2, -0.15) is 0 Å². The molecule has 1 N–H and O–H groups in total. The second-order valence-corrected chi connectivity index (χ2v) is 10.0. The third-order valence-electron chi connectivity index (χ3n) is 7.17. The van der Waals surface area contributed by atoms with Gasteiger partial charge in [0.2, 0.25) is 0 Å². The molecule has 4 heterocycles. The molecule has 6 aromatic rings. The SMILES string of the molecule is Cc1cc2cc(C(c3nnnn3Cc3ccccc3)N(Cc3cccnc3)Cc3ccco3)c(=O)[nH]c2cc1C. The molecule has 6 rings (SSSR count). The number of aromatic nitrogens is 6. The van der Waals surface area contributed by atoms with E-state index < -0.39 is 6.04 Å². The Labute approximate surface area is 231 Å². The van der Waals surface area contributed by atoms with Gasteiger partial charge in [0, 0.05) is 30.0 Å². The summed E-state index contributed by atoms with van der Waals surface area (Å²) in [7, 11) is 0. The monoisotopic (exact) mass is 531 g/mol. The summed E-state index contributed by atoms with van der Waals surface area (Å²) in [5.41, 5.74) is 5.47. The number of hydrogen-bond donors (Lipinski definition) is 1. The van der Waals surface area contributed by atoms with Crippen molar-refractivity contribution in [3.8, 4) is 0 Å². The first-order valence-corrected chi connectivity index (χ1v) is 13.1. The molecule has 200 valence electrons. The molecule has 40 heavy (non-hydrogen) atoms. The topological polar surface area (TPSA) is 106 Å². The standard InChI is InChI=1S/C31H29N7O2/c1-21-14-25-16-27(31(39)33-28(25)15-22(21)2)29(30-34-35-36-38(30)19-23-8-4-3-5-9-23)37(20-26-11-7-13-40-26)18-24-10-6-12-32-17-24/h3-17,29H,18-20H2,1-2H3,(H,33,39). The van der Waals surface area contributed by atoms with Gasteiger partial charge >= 0.3 is 0 Å². The lowest BCUT2D eigenvalue weighted by Gasteiger charge is -2.30. The summed E-state index contributed by atoms with van der Waals surface area (Å²) >= 11 is 0. The van der Waals surface area contributed by atoms with Crippen molar-refractivity contribution in [2.24, 2.45) is 0 Å². The van der Waals surface area contributed by atoms with Crippen molar-refractivity contribution >= 4 is 10.9 Å². The van der Waals surface area contributed by atoms with E-state index in [9.17, 15) is 4.79 Å². The highest BCUT2D eigenvalue weighted by atomic mass is 16.3. The van der Waals surface area contributed by atoms with E-state index in [0.717, 1.165) is 38.9 Å². The first-order chi connectivity index (χ1) is 19.5. The third-order valence-corrected chi connectivity index (χ3v) is 7.17. The zero-order valence-corrected chi connectivity index (χ0v) is 22.4. The highest BCUT2D eigenvalue weighted by Gasteiger charge is 2.31. The number of benzene rings is 2. The number of aromatic amines is 1. The number of aryl methyl sites for hydroxylation is 2. The predicted octanol–water partition coefficient (Wildman–Crippen LogP) is 4.96. The second-order valence-electron chi connectivity index (χ2n) is 10.0. The van der Waals surface area contributed by atoms with Gasteiger partial charge in [0.15, 0.2) is 5.82 Å². The summed E-state index contributed by atoms with van der Waals surface area (Å²) in [6.07, 6.45) is 5.23. The zero-order chi connectivity index (χ0) is 27.5. The van der Waals surface area contributed by atoms with Crippen LogP contribution >= 0.6 is 0 Å². The van der Waals surface area contributed by atoms with Gasteiger partial charge in [-0.25, -0.2) is 4.68 Å². The summed E-state index contributed by atoms with van der Waals surface area (Å²) in [6.45, 7) is 5.49. The van der Waals surface area contributed by atoms with Crippen LogP contribution in [0.1, 0.15) is 45.4 Å². The van der Waals surface area contributed by atoms with Crippen LogP contribution in [0.4, 0.5) is 0 Å². The maximum absolute atomic E-state index is 13.8. The molecule has 0 amide bonds. The summed E-state index contributed by atoms with van der Waals surface area (Å²) in [4.78, 5) is 23.4. The minimum Gasteiger partial charge on any atom is -0.468 e. The number of hydrogen-bond acceptors (Lipinski definition) is 7. The molecule has 0 saturated carbocycles. The minimum absolute atomic E-state index is 0.189. The van der Waals surface area contributed by atoms with Crippen molar-refractivity contribution in [1.29, 1.82) is 0 Å². The molecule has 0 aliphatic rings. The highest BCUT2D eigenvalue weighted by molar-refractivity contribution is 5.81. The Morgan fingerprint density at radius 2 is 1.77 bits per heavy atom. The van der Waals surface area contributed by atoms with Crippen molar-refractivity contribution in [3.05, 3.63) is 141 Å². The van der Waals surface area contributed by atoms with Crippen LogP contribution in [-0.2, 0) is 19.6 Å². The Kier molecular flexibility index (Phi) is 7.03. The van der Waals surface area contributed by atoms with Crippen molar-refractivity contribution in [1.82, 2.24) is 35.1 Å². The maximum Gasteiger partial charge on any atom is 0.253 e. The number of tetrazole rings is 1. The summed E-state index contributed by atoms with van der Waals surface area (Å²) in [5, 5.41) is 13.8. The van der Waals surface area contributed by atoms with Gasteiger partial charge in [-0.3, -0.25) is 14.7 Å². The molecule has 4 aromatic heterocycles. The highest BCUT2D eigenvalue weighted by Crippen LogP contribution is 2.31. The number of H-pyrrole nitrogens is 1. The summed E-state index contributed by atoms with van der Waals surface area (Å²) in [6, 6.07) is 23.2. The molecule has 1 atom stereocenters. The first-order valence-electron chi connectivity index (χ1n) is 13.1. The van der Waals surface area contributed by atoms with E-state index in [1.165, 1.54) is 0 Å². The third kappa shape index (κ3) is 5.32. The van der Waals surface area contributed by atoms with Crippen molar-refractivity contribution in [3.63, 3.8) is 0 Å². The molecular formula is C31H29N7O2. The van der Waals surface area contributed by atoms with Gasteiger partial charge in [0.1, 0.15) is 11.8 Å². The Morgan fingerprint density at radius 3 is 2.55 bits per heavy atom. The molecule has 0 saturated heterocycles. The largest absolute Gasteiger partial charge is 0.468 e. The van der Waals surface area contributed by atoms with Crippen LogP contribution < -0.4 is 5.56 Å². The lowest BCUT2D eigenvalue weighted by Crippen LogP contribution is -2.35. The van der Waals surface area contributed by atoms with Gasteiger partial charge in [-0.05, 0) is 88.3 Å². The first kappa shape index (κ1) is 25.4. The van der Waals surface area contributed by atoms with Crippen LogP contribution in [0.15, 0.2) is 101 Å². The van der Waals surface area contributed by atoms with Gasteiger partial charge in [-0.15, -0.1) is 5.10 Å². The Hall–Kier alpha value is -4.89. The summed E-state index contributed by atoms with van der Waals surface area (Å²) in [5.74, 6) is 1.33. The van der Waals surface area contributed by atoms with E-state index in [0.29, 0.717) is 31.0 Å². The van der Waals surface area contributed by atoms with Crippen molar-refractivity contribution in [2.75, 3.05) is 0 Å². The Morgan fingerprint density at radius 1 is 0.950 bits per heavy atom. The number of furan rings is 1. The van der Waals surface area contributed by atoms with Gasteiger partial charge in [-0.1, -0.05) is 36.4 Å². The average Bonchev–Trinajstić information content (AvgIpc) is 3.64. The van der Waals surface area contributed by atoms with Gasteiger partial charge in [0.25, 0.3) is 5.56 Å². The predicted molar refractivity (Wildman–Crippen MR) is 151 cm³/mol. The molecule has 0 spiro atoms. The van der Waals surface area contributed by atoms with E-state index in [1.807, 2.05) is 79.9 Å². The van der Waals surface area contributed by atoms with Gasteiger partial charge < -0.3 is 9.40 Å². The van der Waals surface area contributed by atoms with E-state index in [-0.39, 0.29) is 5.56 Å². The van der Waals surface area contributed by atoms with E-state index in [1.54, 1.807) is 17.1 Å². The Balaban J connectivity index is 1.53. The number of nitrogens with zero attached hydrogens (tertiary/aromatic N) is 6. The minimum atomic E-state index is -0.584. The van der Waals surface area contributed by atoms with Crippen LogP contribution in [-0.4, -0.2) is 35.1 Å². The van der Waals surface area contributed by atoms with Crippen molar-refractivity contribution < 1.29 is 4.42 Å². The molecule has 9 heteroatoms. The lowest BCUT2D eigenvalue weighted by molar-refractivity contribution is 0.179. The Bertz CT molecular complexity index is 1780. The van der Waals surface area contributed by atoms with E-state index in [2.05, 4.69) is 43.4 Å². The fourth-order valence-electron chi connectivity index (χ4n) is 5.04. The van der Waals surface area contributed by atoms with E-state index >= 15 is 0 Å². The molecule has 0 bridgehead atoms. The number of rotatable bonds is 9. The molecular weight excluding hydrogens is 502 g/mol. The smallest absolute Gasteiger partial charge is 0.253 e. The van der Waals surface area contributed by atoms with Crippen LogP contribution in [0.2, 0.25) is 0 Å². The van der Waals surface area contributed by atoms with Crippen LogP contribution in [0, 0.1) is 13.8 Å². The van der Waals surface area contributed by atoms with Crippen LogP contribution in [0.25, 0.3) is 10.9 Å². The molecule has 1 unspecified atom stereocenters. The molecule has 0 fully saturated rings. The lowest BCUT2D eigenvalue weighted by atomic mass is 10.00. The normalized spacial score (nSPS) is 12.3. The number of nitrogens with one attached hydrogen (secondary N) is 1. The fourth-order valence-corrected chi connectivity index (χ4v) is 5.04. The second kappa shape index (κ2) is 11.1.